The molecule has 0 heterocycles. The summed E-state index contributed by atoms with van der Waals surface area (Å²) in [6.07, 6.45) is 44.4. The summed E-state index contributed by atoms with van der Waals surface area (Å²) in [4.78, 5) is 34.6. The summed E-state index contributed by atoms with van der Waals surface area (Å²) in [7, 11) is 0. The Hall–Kier alpha value is -3.41. The fourth-order valence-electron chi connectivity index (χ4n) is 4.16. The van der Waals surface area contributed by atoms with Crippen molar-refractivity contribution < 1.29 is 24.2 Å². The van der Waals surface area contributed by atoms with Crippen molar-refractivity contribution >= 4 is 17.8 Å². The molecule has 0 rings (SSSR count). The van der Waals surface area contributed by atoms with Crippen LogP contribution in [-0.2, 0) is 19.1 Å². The van der Waals surface area contributed by atoms with Crippen LogP contribution < -0.4 is 5.32 Å². The predicted octanol–water partition coefficient (Wildman–Crippen LogP) is 9.66. The third-order valence-electron chi connectivity index (χ3n) is 6.56. The van der Waals surface area contributed by atoms with Gasteiger partial charge in [-0.25, -0.2) is 0 Å². The van der Waals surface area contributed by atoms with Crippen LogP contribution in [0.25, 0.3) is 0 Å². The van der Waals surface area contributed by atoms with Crippen LogP contribution in [0, 0.1) is 0 Å². The molecule has 0 aromatic carbocycles. The Morgan fingerprint density at radius 1 is 0.614 bits per heavy atom. The molecule has 1 unspecified atom stereocenters. The second-order valence-electron chi connectivity index (χ2n) is 10.6. The second-order valence-corrected chi connectivity index (χ2v) is 10.6. The van der Waals surface area contributed by atoms with Crippen molar-refractivity contribution in [3.63, 3.8) is 0 Å². The normalized spacial score (nSPS) is 13.1. The van der Waals surface area contributed by atoms with E-state index in [2.05, 4.69) is 98.2 Å². The number of allylic oxidation sites excluding steroid dienone is 13. The zero-order valence-electron chi connectivity index (χ0n) is 27.5. The van der Waals surface area contributed by atoms with Crippen LogP contribution >= 0.6 is 0 Å². The molecule has 1 amide bonds. The van der Waals surface area contributed by atoms with E-state index in [0.717, 1.165) is 89.9 Å². The molecule has 1 atom stereocenters. The number of carbonyl (C=O) groups is 3. The lowest BCUT2D eigenvalue weighted by Gasteiger charge is -2.14. The Morgan fingerprint density at radius 3 is 1.64 bits per heavy atom. The first-order chi connectivity index (χ1) is 21.5. The van der Waals surface area contributed by atoms with Gasteiger partial charge in [-0.05, 0) is 76.7 Å². The van der Waals surface area contributed by atoms with Gasteiger partial charge >= 0.3 is 11.9 Å². The van der Waals surface area contributed by atoms with Crippen molar-refractivity contribution in [2.45, 2.75) is 129 Å². The first-order valence-electron chi connectivity index (χ1n) is 16.7. The summed E-state index contributed by atoms with van der Waals surface area (Å²) in [5, 5.41) is 11.0. The highest BCUT2D eigenvalue weighted by Crippen LogP contribution is 2.14. The number of carboxylic acids is 1. The van der Waals surface area contributed by atoms with Gasteiger partial charge in [-0.1, -0.05) is 119 Å². The fourth-order valence-corrected chi connectivity index (χ4v) is 4.16. The maximum absolute atomic E-state index is 12.5. The number of carboxylic acid groups (broad SMARTS) is 1. The molecule has 2 N–H and O–H groups in total. The predicted molar refractivity (Wildman–Crippen MR) is 184 cm³/mol. The summed E-state index contributed by atoms with van der Waals surface area (Å²) < 4.78 is 5.82. The van der Waals surface area contributed by atoms with E-state index in [-0.39, 0.29) is 24.5 Å². The van der Waals surface area contributed by atoms with Crippen LogP contribution in [0.4, 0.5) is 0 Å². The van der Waals surface area contributed by atoms with Crippen LogP contribution in [0.3, 0.4) is 0 Å². The molecule has 0 aromatic rings. The number of unbranched alkanes of at least 4 members (excludes halogenated alkanes) is 5. The highest BCUT2D eigenvalue weighted by molar-refractivity contribution is 5.80. The van der Waals surface area contributed by atoms with E-state index >= 15 is 0 Å². The van der Waals surface area contributed by atoms with E-state index in [0.29, 0.717) is 19.3 Å². The highest BCUT2D eigenvalue weighted by atomic mass is 16.5. The molecule has 0 spiro atoms. The number of aliphatic carboxylic acids is 1. The average molecular weight is 610 g/mol. The number of hydrogen-bond donors (Lipinski definition) is 2. The zero-order chi connectivity index (χ0) is 32.4. The second kappa shape index (κ2) is 32.5. The van der Waals surface area contributed by atoms with Crippen molar-refractivity contribution in [3.05, 3.63) is 85.1 Å². The molecule has 0 radical (unpaired) electrons. The largest absolute Gasteiger partial charge is 0.480 e. The Bertz CT molecular complexity index is 939. The zero-order valence-corrected chi connectivity index (χ0v) is 27.5. The van der Waals surface area contributed by atoms with E-state index in [9.17, 15) is 14.4 Å². The average Bonchev–Trinajstić information content (AvgIpc) is 3.00. The van der Waals surface area contributed by atoms with Gasteiger partial charge in [-0.2, -0.15) is 0 Å². The molecule has 0 saturated heterocycles. The van der Waals surface area contributed by atoms with Crippen molar-refractivity contribution in [3.8, 4) is 0 Å². The molecule has 0 aliphatic heterocycles. The molecule has 6 heteroatoms. The highest BCUT2D eigenvalue weighted by Gasteiger charge is 2.11. The van der Waals surface area contributed by atoms with Gasteiger partial charge in [-0.15, -0.1) is 0 Å². The standard InChI is InChI=1S/C38H59NO5/c1-3-5-7-9-11-13-14-15-16-17-19-25-29-33-38(43)44-35(30-26-22-18-12-10-8-6-4-2)31-27-23-20-21-24-28-32-36(40)39-34-37(41)42/h5-8,11-13,15-16,18-19,25-26,30,35H,3-4,9-10,14,17,20-24,27-29,31-34H2,1-2H3,(H,39,40)(H,41,42)/b7-5-,8-6-,13-11-,16-15-,18-12-,25-19-,30-26-. The third-order valence-corrected chi connectivity index (χ3v) is 6.56. The minimum absolute atomic E-state index is 0.163. The molecule has 0 aliphatic carbocycles. The number of hydrogen-bond acceptors (Lipinski definition) is 4. The number of rotatable bonds is 28. The SMILES string of the molecule is CC/C=C\C/C=C\C/C=C\C/C=C\CCC(=O)OC(/C=C\C/C=C\C/C=C\CC)CCCCCCCCC(=O)NCC(=O)O. The van der Waals surface area contributed by atoms with Gasteiger partial charge in [0.2, 0.25) is 5.91 Å². The van der Waals surface area contributed by atoms with Crippen LogP contribution in [0.1, 0.15) is 123 Å². The lowest BCUT2D eigenvalue weighted by atomic mass is 10.1. The number of nitrogens with one attached hydrogen (secondary N) is 1. The maximum Gasteiger partial charge on any atom is 0.322 e. The minimum Gasteiger partial charge on any atom is -0.480 e. The third kappa shape index (κ3) is 31.5. The Kier molecular flexibility index (Phi) is 30.0. The Balaban J connectivity index is 4.40. The fraction of sp³-hybridized carbons (Fsp3) is 0.553. The van der Waals surface area contributed by atoms with Crippen molar-refractivity contribution in [2.75, 3.05) is 6.54 Å². The van der Waals surface area contributed by atoms with Crippen LogP contribution in [0.2, 0.25) is 0 Å². The first-order valence-corrected chi connectivity index (χ1v) is 16.7. The monoisotopic (exact) mass is 609 g/mol. The van der Waals surface area contributed by atoms with Crippen LogP contribution in [0.15, 0.2) is 85.1 Å². The number of amides is 1. The van der Waals surface area contributed by atoms with Gasteiger partial charge in [-0.3, -0.25) is 14.4 Å². The number of esters is 1. The van der Waals surface area contributed by atoms with Gasteiger partial charge in [0.15, 0.2) is 0 Å². The van der Waals surface area contributed by atoms with Gasteiger partial charge in [0.05, 0.1) is 0 Å². The molecule has 246 valence electrons. The molecular weight excluding hydrogens is 550 g/mol. The lowest BCUT2D eigenvalue weighted by Crippen LogP contribution is -2.28. The Morgan fingerprint density at radius 2 is 1.09 bits per heavy atom. The van der Waals surface area contributed by atoms with Crippen LogP contribution in [-0.4, -0.2) is 35.6 Å². The van der Waals surface area contributed by atoms with Gasteiger partial charge in [0.25, 0.3) is 0 Å². The summed E-state index contributed by atoms with van der Waals surface area (Å²) in [6.45, 7) is 3.94. The van der Waals surface area contributed by atoms with E-state index < -0.39 is 5.97 Å². The summed E-state index contributed by atoms with van der Waals surface area (Å²) in [5.41, 5.74) is 0. The number of carbonyl (C=O) groups excluding carboxylic acids is 2. The maximum atomic E-state index is 12.5. The topological polar surface area (TPSA) is 92.7 Å². The van der Waals surface area contributed by atoms with Gasteiger partial charge < -0.3 is 15.2 Å². The molecule has 0 fully saturated rings. The smallest absolute Gasteiger partial charge is 0.322 e. The van der Waals surface area contributed by atoms with Crippen LogP contribution in [0.5, 0.6) is 0 Å². The summed E-state index contributed by atoms with van der Waals surface area (Å²) >= 11 is 0. The van der Waals surface area contributed by atoms with E-state index in [1.54, 1.807) is 0 Å². The van der Waals surface area contributed by atoms with Gasteiger partial charge in [0, 0.05) is 12.8 Å². The molecule has 0 saturated carbocycles. The molecule has 0 aromatic heterocycles. The molecule has 44 heavy (non-hydrogen) atoms. The van der Waals surface area contributed by atoms with E-state index in [4.69, 9.17) is 9.84 Å². The molecule has 6 nitrogen and oxygen atoms in total. The summed E-state index contributed by atoms with van der Waals surface area (Å²) in [5.74, 6) is -1.40. The minimum atomic E-state index is -1.03. The van der Waals surface area contributed by atoms with Crippen molar-refractivity contribution in [1.82, 2.24) is 5.32 Å². The van der Waals surface area contributed by atoms with Gasteiger partial charge in [0.1, 0.15) is 12.6 Å². The quantitative estimate of drug-likeness (QED) is 0.0523. The van der Waals surface area contributed by atoms with E-state index in [1.165, 1.54) is 0 Å². The number of ether oxygens (including phenoxy) is 1. The summed E-state index contributed by atoms with van der Waals surface area (Å²) in [6, 6.07) is 0. The molecular formula is C38H59NO5. The first kappa shape index (κ1) is 40.6. The molecule has 0 aliphatic rings. The Labute approximate surface area is 267 Å². The molecule has 0 bridgehead atoms. The van der Waals surface area contributed by atoms with Crippen molar-refractivity contribution in [1.29, 1.82) is 0 Å². The van der Waals surface area contributed by atoms with E-state index in [1.807, 2.05) is 6.08 Å². The lowest BCUT2D eigenvalue weighted by molar-refractivity contribution is -0.147. The van der Waals surface area contributed by atoms with Crippen molar-refractivity contribution in [2.24, 2.45) is 0 Å².